The SMILES string of the molecule is CC(C#CC(Sc1nc2ccccc2s1)C1CCCCC1)O[Si](C)(C)C(C)(C)C. The number of para-hydroxylation sites is 1. The zero-order valence-electron chi connectivity index (χ0n) is 18.7. The topological polar surface area (TPSA) is 22.1 Å². The van der Waals surface area contributed by atoms with Gasteiger partial charge in [-0.1, -0.05) is 75.8 Å². The summed E-state index contributed by atoms with van der Waals surface area (Å²) >= 11 is 3.67. The number of benzene rings is 1. The van der Waals surface area contributed by atoms with Gasteiger partial charge in [0.05, 0.1) is 15.5 Å². The highest BCUT2D eigenvalue weighted by atomic mass is 32.2. The summed E-state index contributed by atoms with van der Waals surface area (Å²) in [6.07, 6.45) is 6.59. The molecule has 5 heteroatoms. The fourth-order valence-corrected chi connectivity index (χ4v) is 7.26. The lowest BCUT2D eigenvalue weighted by atomic mass is 9.87. The molecule has 1 fully saturated rings. The van der Waals surface area contributed by atoms with Gasteiger partial charge in [-0.2, -0.15) is 0 Å². The first kappa shape index (κ1) is 22.9. The van der Waals surface area contributed by atoms with E-state index in [2.05, 4.69) is 76.9 Å². The van der Waals surface area contributed by atoms with Gasteiger partial charge in [-0.25, -0.2) is 4.98 Å². The molecule has 0 amide bonds. The Labute approximate surface area is 186 Å². The van der Waals surface area contributed by atoms with Crippen LogP contribution in [-0.2, 0) is 4.43 Å². The average Bonchev–Trinajstić information content (AvgIpc) is 3.07. The Morgan fingerprint density at radius 3 is 2.48 bits per heavy atom. The van der Waals surface area contributed by atoms with Gasteiger partial charge in [0.25, 0.3) is 0 Å². The summed E-state index contributed by atoms with van der Waals surface area (Å²) in [6.45, 7) is 13.6. The fraction of sp³-hybridized carbons (Fsp3) is 0.625. The fourth-order valence-electron chi connectivity index (χ4n) is 3.54. The maximum atomic E-state index is 6.48. The lowest BCUT2D eigenvalue weighted by molar-refractivity contribution is 0.251. The van der Waals surface area contributed by atoms with Gasteiger partial charge in [0, 0.05) is 0 Å². The lowest BCUT2D eigenvalue weighted by Crippen LogP contribution is -2.43. The standard InChI is InChI=1S/C24H35NOS2Si/c1-18(26-29(5,6)24(2,3)4)16-17-21(19-12-8-7-9-13-19)27-23-25-20-14-10-11-15-22(20)28-23/h10-11,14-15,18-19,21H,7-9,12-13H2,1-6H3. The lowest BCUT2D eigenvalue weighted by Gasteiger charge is -2.37. The summed E-state index contributed by atoms with van der Waals surface area (Å²) in [5.74, 6) is 7.77. The highest BCUT2D eigenvalue weighted by Gasteiger charge is 2.38. The number of thioether (sulfide) groups is 1. The van der Waals surface area contributed by atoms with Crippen LogP contribution < -0.4 is 0 Å². The van der Waals surface area contributed by atoms with Crippen molar-refractivity contribution in [1.82, 2.24) is 4.98 Å². The quantitative estimate of drug-likeness (QED) is 0.267. The van der Waals surface area contributed by atoms with Gasteiger partial charge in [-0.05, 0) is 55.9 Å². The van der Waals surface area contributed by atoms with Crippen molar-refractivity contribution in [3.05, 3.63) is 24.3 Å². The molecule has 0 aliphatic heterocycles. The van der Waals surface area contributed by atoms with Crippen LogP contribution in [-0.4, -0.2) is 24.7 Å². The van der Waals surface area contributed by atoms with Crippen molar-refractivity contribution in [2.24, 2.45) is 5.92 Å². The van der Waals surface area contributed by atoms with Crippen LogP contribution in [0.15, 0.2) is 28.6 Å². The second-order valence-electron chi connectivity index (χ2n) is 9.69. The summed E-state index contributed by atoms with van der Waals surface area (Å²) in [5, 5.41) is 0.517. The van der Waals surface area contributed by atoms with Gasteiger partial charge in [0.1, 0.15) is 6.10 Å². The first-order valence-corrected chi connectivity index (χ1v) is 15.5. The largest absolute Gasteiger partial charge is 0.404 e. The molecule has 1 aromatic heterocycles. The number of aromatic nitrogens is 1. The molecule has 1 aromatic carbocycles. The number of hydrogen-bond acceptors (Lipinski definition) is 4. The number of rotatable bonds is 5. The number of hydrogen-bond donors (Lipinski definition) is 0. The summed E-state index contributed by atoms with van der Waals surface area (Å²) in [7, 11) is -1.80. The molecule has 0 bridgehead atoms. The first-order valence-electron chi connectivity index (χ1n) is 10.9. The predicted octanol–water partition coefficient (Wildman–Crippen LogP) is 7.75. The Hall–Kier alpha value is -0.803. The van der Waals surface area contributed by atoms with Crippen molar-refractivity contribution in [3.63, 3.8) is 0 Å². The van der Waals surface area contributed by atoms with Crippen molar-refractivity contribution in [2.45, 2.75) is 93.6 Å². The van der Waals surface area contributed by atoms with Crippen LogP contribution in [0, 0.1) is 17.8 Å². The molecule has 1 aliphatic carbocycles. The third-order valence-corrected chi connectivity index (χ3v) is 13.3. The maximum Gasteiger partial charge on any atom is 0.193 e. The Balaban J connectivity index is 1.76. The molecular formula is C24H35NOS2Si. The molecule has 0 radical (unpaired) electrons. The van der Waals surface area contributed by atoms with Gasteiger partial charge in [-0.3, -0.25) is 0 Å². The van der Waals surface area contributed by atoms with E-state index >= 15 is 0 Å². The van der Waals surface area contributed by atoms with Gasteiger partial charge < -0.3 is 4.43 Å². The molecule has 2 unspecified atom stereocenters. The van der Waals surface area contributed by atoms with Gasteiger partial charge in [0.2, 0.25) is 0 Å². The van der Waals surface area contributed by atoms with Crippen LogP contribution in [0.3, 0.4) is 0 Å². The van der Waals surface area contributed by atoms with E-state index in [0.717, 1.165) is 9.86 Å². The van der Waals surface area contributed by atoms with Crippen LogP contribution in [0.1, 0.15) is 59.8 Å². The minimum absolute atomic E-state index is 0.0158. The Morgan fingerprint density at radius 2 is 1.83 bits per heavy atom. The van der Waals surface area contributed by atoms with Crippen LogP contribution in [0.2, 0.25) is 18.1 Å². The molecule has 0 spiro atoms. The molecule has 0 saturated heterocycles. The smallest absolute Gasteiger partial charge is 0.193 e. The third kappa shape index (κ3) is 6.10. The Morgan fingerprint density at radius 1 is 1.14 bits per heavy atom. The molecule has 1 aliphatic rings. The summed E-state index contributed by atoms with van der Waals surface area (Å²) in [4.78, 5) is 4.86. The maximum absolute atomic E-state index is 6.48. The molecule has 2 atom stereocenters. The Kier molecular flexibility index (Phi) is 7.54. The van der Waals surface area contributed by atoms with E-state index in [1.165, 1.54) is 36.8 Å². The average molecular weight is 446 g/mol. The first-order chi connectivity index (χ1) is 13.7. The van der Waals surface area contributed by atoms with Gasteiger partial charge >= 0.3 is 0 Å². The van der Waals surface area contributed by atoms with E-state index in [0.29, 0.717) is 11.2 Å². The minimum Gasteiger partial charge on any atom is -0.404 e. The molecule has 2 nitrogen and oxygen atoms in total. The highest BCUT2D eigenvalue weighted by molar-refractivity contribution is 8.02. The van der Waals surface area contributed by atoms with Crippen LogP contribution in [0.5, 0.6) is 0 Å². The van der Waals surface area contributed by atoms with E-state index in [1.807, 2.05) is 11.8 Å². The molecule has 0 N–H and O–H groups in total. The van der Waals surface area contributed by atoms with Crippen molar-refractivity contribution < 1.29 is 4.43 Å². The summed E-state index contributed by atoms with van der Waals surface area (Å²) < 4.78 is 8.89. The zero-order valence-corrected chi connectivity index (χ0v) is 21.4. The zero-order chi connectivity index (χ0) is 21.1. The summed E-state index contributed by atoms with van der Waals surface area (Å²) in [5.41, 5.74) is 1.10. The monoisotopic (exact) mass is 445 g/mol. The molecule has 158 valence electrons. The van der Waals surface area contributed by atoms with Gasteiger partial charge in [0.15, 0.2) is 12.7 Å². The number of fused-ring (bicyclic) bond motifs is 1. The van der Waals surface area contributed by atoms with Gasteiger partial charge in [-0.15, -0.1) is 11.3 Å². The van der Waals surface area contributed by atoms with E-state index in [9.17, 15) is 0 Å². The molecule has 2 aromatic rings. The predicted molar refractivity (Wildman–Crippen MR) is 131 cm³/mol. The molecule has 1 heterocycles. The molecule has 1 saturated carbocycles. The highest BCUT2D eigenvalue weighted by Crippen LogP contribution is 2.39. The number of thiazole rings is 1. The van der Waals surface area contributed by atoms with Crippen molar-refractivity contribution in [1.29, 1.82) is 0 Å². The minimum atomic E-state index is -1.80. The number of nitrogens with zero attached hydrogens (tertiary/aromatic N) is 1. The van der Waals surface area contributed by atoms with Crippen molar-refractivity contribution >= 4 is 41.6 Å². The van der Waals surface area contributed by atoms with E-state index in [-0.39, 0.29) is 11.1 Å². The molecular weight excluding hydrogens is 410 g/mol. The van der Waals surface area contributed by atoms with E-state index < -0.39 is 8.32 Å². The second-order valence-corrected chi connectivity index (χ2v) is 16.9. The molecule has 29 heavy (non-hydrogen) atoms. The third-order valence-electron chi connectivity index (χ3n) is 6.29. The van der Waals surface area contributed by atoms with Crippen LogP contribution in [0.25, 0.3) is 10.2 Å². The van der Waals surface area contributed by atoms with Crippen LogP contribution in [0.4, 0.5) is 0 Å². The van der Waals surface area contributed by atoms with E-state index in [4.69, 9.17) is 9.41 Å². The Bertz CT molecular complexity index is 835. The molecule has 3 rings (SSSR count). The summed E-state index contributed by atoms with van der Waals surface area (Å²) in [6, 6.07) is 8.42. The van der Waals surface area contributed by atoms with E-state index in [1.54, 1.807) is 11.3 Å². The van der Waals surface area contributed by atoms with Crippen LogP contribution >= 0.6 is 23.1 Å². The second kappa shape index (κ2) is 9.56. The normalized spacial score (nSPS) is 18.3. The van der Waals surface area contributed by atoms with Crippen molar-refractivity contribution in [2.75, 3.05) is 0 Å². The van der Waals surface area contributed by atoms with Crippen molar-refractivity contribution in [3.8, 4) is 11.8 Å².